The maximum atomic E-state index is 5.43. The van der Waals surface area contributed by atoms with E-state index in [0.717, 1.165) is 28.0 Å². The van der Waals surface area contributed by atoms with E-state index in [0.29, 0.717) is 0 Å². The summed E-state index contributed by atoms with van der Waals surface area (Å²) >= 11 is 1.61. The highest BCUT2D eigenvalue weighted by molar-refractivity contribution is 7.14. The average Bonchev–Trinajstić information content (AvgIpc) is 3.22. The number of fused-ring (bicyclic) bond motifs is 1. The van der Waals surface area contributed by atoms with Crippen LogP contribution in [0.2, 0.25) is 0 Å². The molecular formula is C20H20N2O2S. The van der Waals surface area contributed by atoms with Crippen LogP contribution in [-0.4, -0.2) is 11.8 Å². The third-order valence-corrected chi connectivity index (χ3v) is 5.51. The van der Waals surface area contributed by atoms with Crippen LogP contribution >= 0.6 is 11.3 Å². The van der Waals surface area contributed by atoms with Gasteiger partial charge in [-0.1, -0.05) is 6.07 Å². The van der Waals surface area contributed by atoms with E-state index in [4.69, 9.17) is 14.5 Å². The monoisotopic (exact) mass is 352 g/mol. The highest BCUT2D eigenvalue weighted by atomic mass is 32.1. The van der Waals surface area contributed by atoms with Gasteiger partial charge in [0.25, 0.3) is 0 Å². The molecule has 1 N–H and O–H groups in total. The molecule has 0 atom stereocenters. The van der Waals surface area contributed by atoms with Gasteiger partial charge in [0, 0.05) is 22.7 Å². The lowest BCUT2D eigenvalue weighted by Gasteiger charge is -2.13. The molecule has 0 spiro atoms. The van der Waals surface area contributed by atoms with Crippen LogP contribution in [0.25, 0.3) is 11.3 Å². The van der Waals surface area contributed by atoms with Crippen LogP contribution in [0.4, 0.5) is 10.8 Å². The number of benzene rings is 2. The molecule has 1 aliphatic heterocycles. The number of thiazole rings is 1. The van der Waals surface area contributed by atoms with Gasteiger partial charge in [0.05, 0.1) is 5.69 Å². The van der Waals surface area contributed by atoms with Gasteiger partial charge in [-0.3, -0.25) is 0 Å². The number of nitrogens with zero attached hydrogens (tertiary/aromatic N) is 1. The normalized spacial score (nSPS) is 12.5. The molecule has 0 unspecified atom stereocenters. The van der Waals surface area contributed by atoms with E-state index in [-0.39, 0.29) is 6.79 Å². The second-order valence-electron chi connectivity index (χ2n) is 6.37. The Hall–Kier alpha value is -2.53. The Labute approximate surface area is 151 Å². The summed E-state index contributed by atoms with van der Waals surface area (Å²) in [7, 11) is 0. The zero-order valence-corrected chi connectivity index (χ0v) is 15.6. The van der Waals surface area contributed by atoms with E-state index in [1.54, 1.807) is 11.3 Å². The third kappa shape index (κ3) is 2.85. The Morgan fingerprint density at radius 1 is 0.960 bits per heavy atom. The smallest absolute Gasteiger partial charge is 0.231 e. The van der Waals surface area contributed by atoms with Crippen molar-refractivity contribution in [2.24, 2.45) is 0 Å². The molecule has 128 valence electrons. The van der Waals surface area contributed by atoms with E-state index < -0.39 is 0 Å². The van der Waals surface area contributed by atoms with E-state index in [1.165, 1.54) is 27.8 Å². The van der Waals surface area contributed by atoms with Crippen LogP contribution in [0, 0.1) is 27.7 Å². The van der Waals surface area contributed by atoms with Crippen molar-refractivity contribution < 1.29 is 9.47 Å². The number of rotatable bonds is 3. The molecule has 0 aliphatic carbocycles. The van der Waals surface area contributed by atoms with Crippen molar-refractivity contribution in [1.29, 1.82) is 0 Å². The van der Waals surface area contributed by atoms with Crippen LogP contribution in [0.5, 0.6) is 11.5 Å². The van der Waals surface area contributed by atoms with Gasteiger partial charge in [-0.25, -0.2) is 4.98 Å². The SMILES string of the molecule is Cc1cc(C)c(C)c(-c2csc(Nc3ccc4c(c3)OCO4)n2)c1C. The molecule has 3 aromatic rings. The second-order valence-corrected chi connectivity index (χ2v) is 7.22. The lowest BCUT2D eigenvalue weighted by molar-refractivity contribution is 0.174. The Morgan fingerprint density at radius 2 is 1.68 bits per heavy atom. The Kier molecular flexibility index (Phi) is 3.88. The summed E-state index contributed by atoms with van der Waals surface area (Å²) in [5.74, 6) is 1.55. The van der Waals surface area contributed by atoms with Crippen LogP contribution in [-0.2, 0) is 0 Å². The Bertz CT molecular complexity index is 936. The molecule has 2 aromatic carbocycles. The first-order valence-corrected chi connectivity index (χ1v) is 9.11. The van der Waals surface area contributed by atoms with Crippen molar-refractivity contribution in [3.8, 4) is 22.8 Å². The topological polar surface area (TPSA) is 43.4 Å². The van der Waals surface area contributed by atoms with E-state index >= 15 is 0 Å². The highest BCUT2D eigenvalue weighted by Gasteiger charge is 2.16. The first-order chi connectivity index (χ1) is 12.0. The molecule has 1 aliphatic rings. The molecule has 25 heavy (non-hydrogen) atoms. The first-order valence-electron chi connectivity index (χ1n) is 8.23. The predicted molar refractivity (Wildman–Crippen MR) is 102 cm³/mol. The molecule has 0 saturated heterocycles. The van der Waals surface area contributed by atoms with Crippen LogP contribution in [0.3, 0.4) is 0 Å². The number of nitrogens with one attached hydrogen (secondary N) is 1. The summed E-state index contributed by atoms with van der Waals surface area (Å²) in [4.78, 5) is 4.81. The number of hydrogen-bond donors (Lipinski definition) is 1. The van der Waals surface area contributed by atoms with Crippen molar-refractivity contribution in [3.63, 3.8) is 0 Å². The lowest BCUT2D eigenvalue weighted by atomic mass is 9.93. The highest BCUT2D eigenvalue weighted by Crippen LogP contribution is 2.37. The average molecular weight is 352 g/mol. The predicted octanol–water partition coefficient (Wildman–Crippen LogP) is 5.52. The van der Waals surface area contributed by atoms with Crippen molar-refractivity contribution >= 4 is 22.2 Å². The Balaban J connectivity index is 1.65. The first kappa shape index (κ1) is 16.0. The third-order valence-electron chi connectivity index (χ3n) is 4.75. The van der Waals surface area contributed by atoms with Crippen LogP contribution in [0.15, 0.2) is 29.6 Å². The summed E-state index contributed by atoms with van der Waals surface area (Å²) < 4.78 is 10.8. The van der Waals surface area contributed by atoms with Gasteiger partial charge in [0.2, 0.25) is 6.79 Å². The largest absolute Gasteiger partial charge is 0.454 e. The summed E-state index contributed by atoms with van der Waals surface area (Å²) in [5, 5.41) is 6.35. The maximum absolute atomic E-state index is 5.43. The van der Waals surface area contributed by atoms with E-state index in [1.807, 2.05) is 18.2 Å². The molecule has 5 heteroatoms. The molecule has 4 nitrogen and oxygen atoms in total. The summed E-state index contributed by atoms with van der Waals surface area (Å²) in [5.41, 5.74) is 8.40. The Morgan fingerprint density at radius 3 is 2.44 bits per heavy atom. The number of ether oxygens (including phenoxy) is 2. The van der Waals surface area contributed by atoms with E-state index in [9.17, 15) is 0 Å². The van der Waals surface area contributed by atoms with Crippen molar-refractivity contribution in [2.45, 2.75) is 27.7 Å². The van der Waals surface area contributed by atoms with Gasteiger partial charge in [0.1, 0.15) is 0 Å². The van der Waals surface area contributed by atoms with Crippen molar-refractivity contribution in [3.05, 3.63) is 51.9 Å². The molecule has 0 saturated carbocycles. The number of aromatic nitrogens is 1. The summed E-state index contributed by atoms with van der Waals surface area (Å²) in [6, 6.07) is 8.07. The van der Waals surface area contributed by atoms with Crippen molar-refractivity contribution in [1.82, 2.24) is 4.98 Å². The number of aryl methyl sites for hydroxylation is 2. The standard InChI is InChI=1S/C20H20N2O2S/c1-11-7-12(2)14(4)19(13(11)3)16-9-25-20(22-16)21-15-5-6-17-18(8-15)24-10-23-17/h5-9H,10H2,1-4H3,(H,21,22). The minimum Gasteiger partial charge on any atom is -0.454 e. The summed E-state index contributed by atoms with van der Waals surface area (Å²) in [6.07, 6.45) is 0. The molecule has 0 amide bonds. The van der Waals surface area contributed by atoms with E-state index in [2.05, 4.69) is 44.5 Å². The molecule has 0 fully saturated rings. The molecule has 2 heterocycles. The van der Waals surface area contributed by atoms with Gasteiger partial charge in [-0.2, -0.15) is 0 Å². The lowest BCUT2D eigenvalue weighted by Crippen LogP contribution is -1.96. The molecule has 0 radical (unpaired) electrons. The van der Waals surface area contributed by atoms with Gasteiger partial charge in [0.15, 0.2) is 16.6 Å². The molecule has 0 bridgehead atoms. The minimum absolute atomic E-state index is 0.283. The van der Waals surface area contributed by atoms with Gasteiger partial charge in [-0.05, 0) is 62.1 Å². The van der Waals surface area contributed by atoms with Crippen molar-refractivity contribution in [2.75, 3.05) is 12.1 Å². The minimum atomic E-state index is 0.283. The zero-order chi connectivity index (χ0) is 17.6. The van der Waals surface area contributed by atoms with Crippen LogP contribution < -0.4 is 14.8 Å². The van der Waals surface area contributed by atoms with Gasteiger partial charge < -0.3 is 14.8 Å². The van der Waals surface area contributed by atoms with Gasteiger partial charge >= 0.3 is 0 Å². The second kappa shape index (κ2) is 6.08. The van der Waals surface area contributed by atoms with Gasteiger partial charge in [-0.15, -0.1) is 11.3 Å². The maximum Gasteiger partial charge on any atom is 0.231 e. The molecule has 1 aromatic heterocycles. The zero-order valence-electron chi connectivity index (χ0n) is 14.8. The molecule has 4 rings (SSSR count). The molecular weight excluding hydrogens is 332 g/mol. The fraction of sp³-hybridized carbons (Fsp3) is 0.250. The number of anilines is 2. The van der Waals surface area contributed by atoms with Crippen LogP contribution in [0.1, 0.15) is 22.3 Å². The number of hydrogen-bond acceptors (Lipinski definition) is 5. The summed E-state index contributed by atoms with van der Waals surface area (Å²) in [6.45, 7) is 8.93. The fourth-order valence-electron chi connectivity index (χ4n) is 3.14. The fourth-order valence-corrected chi connectivity index (χ4v) is 3.87. The quantitative estimate of drug-likeness (QED) is 0.674.